The normalized spacial score (nSPS) is 16.9. The van der Waals surface area contributed by atoms with E-state index in [-0.39, 0.29) is 42.6 Å². The third kappa shape index (κ3) is 4.16. The maximum absolute atomic E-state index is 12.5. The lowest BCUT2D eigenvalue weighted by Crippen LogP contribution is -2.34. The Labute approximate surface area is 182 Å². The van der Waals surface area contributed by atoms with E-state index < -0.39 is 0 Å². The number of nitrogens with one attached hydrogen (secondary N) is 1. The average Bonchev–Trinajstić information content (AvgIpc) is 3.40. The van der Waals surface area contributed by atoms with Gasteiger partial charge in [-0.15, -0.1) is 0 Å². The molecule has 1 aliphatic heterocycles. The highest BCUT2D eigenvalue weighted by atomic mass is 79.9. The van der Waals surface area contributed by atoms with E-state index >= 15 is 0 Å². The van der Waals surface area contributed by atoms with Crippen molar-refractivity contribution in [3.05, 3.63) is 45.5 Å². The van der Waals surface area contributed by atoms with E-state index in [1.54, 1.807) is 18.2 Å². The lowest BCUT2D eigenvalue weighted by Gasteiger charge is -2.19. The van der Waals surface area contributed by atoms with Crippen molar-refractivity contribution in [2.24, 2.45) is 5.92 Å². The predicted molar refractivity (Wildman–Crippen MR) is 111 cm³/mol. The zero-order chi connectivity index (χ0) is 21.4. The SMILES string of the molecule is CC(C)C(NC(=O)CCCN1C(=O)c2ccc(Br)cc2C1=O)c1nc(C2CC2)no1. The molecule has 0 bridgehead atoms. The van der Waals surface area contributed by atoms with Gasteiger partial charge in [0.15, 0.2) is 5.82 Å². The van der Waals surface area contributed by atoms with Gasteiger partial charge in [-0.05, 0) is 43.4 Å². The Morgan fingerprint density at radius 3 is 2.70 bits per heavy atom. The Kier molecular flexibility index (Phi) is 5.73. The summed E-state index contributed by atoms with van der Waals surface area (Å²) < 4.78 is 6.12. The summed E-state index contributed by atoms with van der Waals surface area (Å²) in [6, 6.07) is 4.66. The van der Waals surface area contributed by atoms with Crippen LogP contribution in [0, 0.1) is 5.92 Å². The van der Waals surface area contributed by atoms with Crippen LogP contribution in [-0.2, 0) is 4.79 Å². The van der Waals surface area contributed by atoms with Crippen LogP contribution in [0.15, 0.2) is 27.2 Å². The summed E-state index contributed by atoms with van der Waals surface area (Å²) in [6.07, 6.45) is 2.71. The van der Waals surface area contributed by atoms with Crippen molar-refractivity contribution in [1.29, 1.82) is 0 Å². The van der Waals surface area contributed by atoms with Crippen molar-refractivity contribution < 1.29 is 18.9 Å². The number of amides is 3. The second-order valence-corrected chi connectivity index (χ2v) is 9.03. The number of aromatic nitrogens is 2. The van der Waals surface area contributed by atoms with E-state index in [0.29, 0.717) is 35.2 Å². The topological polar surface area (TPSA) is 105 Å². The second kappa shape index (κ2) is 8.29. The highest BCUT2D eigenvalue weighted by Gasteiger charge is 2.35. The first kappa shape index (κ1) is 20.7. The van der Waals surface area contributed by atoms with Crippen LogP contribution in [-0.4, -0.2) is 39.3 Å². The molecule has 158 valence electrons. The number of carbonyl (C=O) groups excluding carboxylic acids is 3. The van der Waals surface area contributed by atoms with Gasteiger partial charge in [-0.25, -0.2) is 0 Å². The fourth-order valence-corrected chi connectivity index (χ4v) is 3.86. The maximum atomic E-state index is 12.5. The zero-order valence-electron chi connectivity index (χ0n) is 16.9. The van der Waals surface area contributed by atoms with Gasteiger partial charge in [0, 0.05) is 23.4 Å². The fraction of sp³-hybridized carbons (Fsp3) is 0.476. The lowest BCUT2D eigenvalue weighted by atomic mass is 10.0. The number of hydrogen-bond acceptors (Lipinski definition) is 6. The minimum atomic E-state index is -0.367. The van der Waals surface area contributed by atoms with Gasteiger partial charge >= 0.3 is 0 Å². The summed E-state index contributed by atoms with van der Waals surface area (Å²) in [6.45, 7) is 4.14. The first-order chi connectivity index (χ1) is 14.3. The molecule has 2 aliphatic rings. The Balaban J connectivity index is 1.32. The summed E-state index contributed by atoms with van der Waals surface area (Å²) >= 11 is 3.32. The fourth-order valence-electron chi connectivity index (χ4n) is 3.50. The van der Waals surface area contributed by atoms with Crippen molar-refractivity contribution in [2.45, 2.75) is 51.5 Å². The van der Waals surface area contributed by atoms with Gasteiger partial charge in [-0.2, -0.15) is 4.98 Å². The van der Waals surface area contributed by atoms with Crippen LogP contribution >= 0.6 is 15.9 Å². The highest BCUT2D eigenvalue weighted by molar-refractivity contribution is 9.10. The van der Waals surface area contributed by atoms with E-state index in [0.717, 1.165) is 17.3 Å². The molecular weight excluding hydrogens is 452 g/mol. The minimum Gasteiger partial charge on any atom is -0.344 e. The average molecular weight is 475 g/mol. The molecule has 1 unspecified atom stereocenters. The number of fused-ring (bicyclic) bond motifs is 1. The van der Waals surface area contributed by atoms with Crippen LogP contribution < -0.4 is 5.32 Å². The molecule has 8 nitrogen and oxygen atoms in total. The molecule has 30 heavy (non-hydrogen) atoms. The Morgan fingerprint density at radius 1 is 1.27 bits per heavy atom. The van der Waals surface area contributed by atoms with Crippen molar-refractivity contribution >= 4 is 33.7 Å². The molecule has 2 aromatic rings. The summed E-state index contributed by atoms with van der Waals surface area (Å²) in [4.78, 5) is 43.1. The van der Waals surface area contributed by atoms with Gasteiger partial charge in [0.1, 0.15) is 6.04 Å². The van der Waals surface area contributed by atoms with Gasteiger partial charge < -0.3 is 9.84 Å². The van der Waals surface area contributed by atoms with Crippen molar-refractivity contribution in [2.75, 3.05) is 6.54 Å². The predicted octanol–water partition coefficient (Wildman–Crippen LogP) is 3.60. The number of carbonyl (C=O) groups is 3. The van der Waals surface area contributed by atoms with E-state index in [4.69, 9.17) is 4.52 Å². The monoisotopic (exact) mass is 474 g/mol. The molecule has 1 aromatic heterocycles. The van der Waals surface area contributed by atoms with Crippen LogP contribution in [0.5, 0.6) is 0 Å². The van der Waals surface area contributed by atoms with E-state index in [9.17, 15) is 14.4 Å². The van der Waals surface area contributed by atoms with Crippen molar-refractivity contribution in [3.8, 4) is 0 Å². The zero-order valence-corrected chi connectivity index (χ0v) is 18.4. The van der Waals surface area contributed by atoms with Gasteiger partial charge in [0.05, 0.1) is 11.1 Å². The van der Waals surface area contributed by atoms with Crippen LogP contribution in [0.2, 0.25) is 0 Å². The molecule has 1 fully saturated rings. The molecule has 4 rings (SSSR count). The van der Waals surface area contributed by atoms with Gasteiger partial charge in [0.2, 0.25) is 11.8 Å². The van der Waals surface area contributed by atoms with Crippen LogP contribution in [0.1, 0.15) is 83.9 Å². The number of imide groups is 1. The number of nitrogens with zero attached hydrogens (tertiary/aromatic N) is 3. The molecule has 1 aliphatic carbocycles. The summed E-state index contributed by atoms with van der Waals surface area (Å²) in [5, 5.41) is 6.97. The summed E-state index contributed by atoms with van der Waals surface area (Å²) in [7, 11) is 0. The molecule has 0 spiro atoms. The molecule has 0 saturated heterocycles. The number of rotatable bonds is 8. The van der Waals surface area contributed by atoms with Crippen molar-refractivity contribution in [1.82, 2.24) is 20.4 Å². The largest absolute Gasteiger partial charge is 0.344 e. The molecule has 0 radical (unpaired) electrons. The van der Waals surface area contributed by atoms with Crippen molar-refractivity contribution in [3.63, 3.8) is 0 Å². The first-order valence-corrected chi connectivity index (χ1v) is 10.9. The lowest BCUT2D eigenvalue weighted by molar-refractivity contribution is -0.122. The summed E-state index contributed by atoms with van der Waals surface area (Å²) in [5.41, 5.74) is 0.789. The quantitative estimate of drug-likeness (QED) is 0.585. The molecular formula is C21H23BrN4O4. The molecule has 1 N–H and O–H groups in total. The third-order valence-electron chi connectivity index (χ3n) is 5.37. The molecule has 1 saturated carbocycles. The van der Waals surface area contributed by atoms with E-state index in [1.165, 1.54) is 4.90 Å². The second-order valence-electron chi connectivity index (χ2n) is 8.11. The van der Waals surface area contributed by atoms with Crippen LogP contribution in [0.25, 0.3) is 0 Å². The standard InChI is InChI=1S/C21H23BrN4O4/c1-11(2)17(19-24-18(25-30-19)12-5-6-12)23-16(27)4-3-9-26-20(28)14-8-7-13(22)10-15(14)21(26)29/h7-8,10-12,17H,3-6,9H2,1-2H3,(H,23,27). The third-order valence-corrected chi connectivity index (χ3v) is 5.86. The molecule has 1 aromatic carbocycles. The number of halogens is 1. The molecule has 1 atom stereocenters. The van der Waals surface area contributed by atoms with E-state index in [1.807, 2.05) is 13.8 Å². The molecule has 3 amide bonds. The Bertz CT molecular complexity index is 999. The maximum Gasteiger partial charge on any atom is 0.261 e. The Morgan fingerprint density at radius 2 is 2.00 bits per heavy atom. The highest BCUT2D eigenvalue weighted by Crippen LogP contribution is 2.38. The smallest absolute Gasteiger partial charge is 0.261 e. The number of benzene rings is 1. The first-order valence-electron chi connectivity index (χ1n) is 10.1. The summed E-state index contributed by atoms with van der Waals surface area (Å²) in [5.74, 6) is 0.770. The van der Waals surface area contributed by atoms with Gasteiger partial charge in [0.25, 0.3) is 11.8 Å². The molecule has 2 heterocycles. The Hall–Kier alpha value is -2.55. The molecule has 9 heteroatoms. The number of hydrogen-bond donors (Lipinski definition) is 1. The van der Waals surface area contributed by atoms with Crippen LogP contribution in [0.4, 0.5) is 0 Å². The van der Waals surface area contributed by atoms with Gasteiger partial charge in [-0.1, -0.05) is 34.9 Å². The van der Waals surface area contributed by atoms with Gasteiger partial charge in [-0.3, -0.25) is 19.3 Å². The van der Waals surface area contributed by atoms with Crippen LogP contribution in [0.3, 0.4) is 0 Å². The van der Waals surface area contributed by atoms with E-state index in [2.05, 4.69) is 31.4 Å². The minimum absolute atomic E-state index is 0.0798.